The molecule has 0 radical (unpaired) electrons. The third-order valence-electron chi connectivity index (χ3n) is 2.88. The Morgan fingerprint density at radius 2 is 2.06 bits per heavy atom. The van der Waals surface area contributed by atoms with Crippen molar-refractivity contribution in [3.8, 4) is 0 Å². The maximum Gasteiger partial charge on any atom is 0.0478 e. The Kier molecular flexibility index (Phi) is 6.03. The summed E-state index contributed by atoms with van der Waals surface area (Å²) in [4.78, 5) is 2.34. The molecule has 0 saturated carbocycles. The van der Waals surface area contributed by atoms with Gasteiger partial charge in [-0.15, -0.1) is 0 Å². The summed E-state index contributed by atoms with van der Waals surface area (Å²) in [6, 6.07) is 8.63. The summed E-state index contributed by atoms with van der Waals surface area (Å²) in [6.07, 6.45) is 2.44. The van der Waals surface area contributed by atoms with Gasteiger partial charge >= 0.3 is 0 Å². The monoisotopic (exact) mass is 284 g/mol. The topological polar surface area (TPSA) is 29.3 Å². The number of halogens is 1. The molecular formula is C13H21BrN2. The standard InChI is InChI=1S/C13H21BrN2/c1-3-4-9-16(2)13(10-15)11-7-5-6-8-12(11)14/h5-8,13H,3-4,9-10,15H2,1-2H3. The van der Waals surface area contributed by atoms with Gasteiger partial charge in [0.25, 0.3) is 0 Å². The molecule has 0 heterocycles. The predicted molar refractivity (Wildman–Crippen MR) is 73.5 cm³/mol. The molecule has 16 heavy (non-hydrogen) atoms. The Hall–Kier alpha value is -0.380. The molecule has 0 aliphatic rings. The number of rotatable bonds is 6. The SMILES string of the molecule is CCCCN(C)C(CN)c1ccccc1Br. The first-order valence-corrected chi connectivity index (χ1v) is 6.64. The maximum absolute atomic E-state index is 5.88. The minimum atomic E-state index is 0.308. The van der Waals surface area contributed by atoms with E-state index in [2.05, 4.69) is 53.0 Å². The maximum atomic E-state index is 5.88. The first-order valence-electron chi connectivity index (χ1n) is 5.85. The second kappa shape index (κ2) is 7.05. The van der Waals surface area contributed by atoms with Gasteiger partial charge in [0.15, 0.2) is 0 Å². The molecule has 1 unspecified atom stereocenters. The van der Waals surface area contributed by atoms with Gasteiger partial charge < -0.3 is 5.73 Å². The van der Waals surface area contributed by atoms with Gasteiger partial charge in [0.1, 0.15) is 0 Å². The second-order valence-corrected chi connectivity index (χ2v) is 4.96. The van der Waals surface area contributed by atoms with Crippen LogP contribution in [0.1, 0.15) is 31.4 Å². The number of likely N-dealkylation sites (N-methyl/N-ethyl adjacent to an activating group) is 1. The molecule has 2 nitrogen and oxygen atoms in total. The third-order valence-corrected chi connectivity index (χ3v) is 3.61. The zero-order chi connectivity index (χ0) is 12.0. The number of hydrogen-bond donors (Lipinski definition) is 1. The summed E-state index contributed by atoms with van der Waals surface area (Å²) in [5.74, 6) is 0. The lowest BCUT2D eigenvalue weighted by atomic mass is 10.1. The Morgan fingerprint density at radius 1 is 1.38 bits per heavy atom. The smallest absolute Gasteiger partial charge is 0.0478 e. The van der Waals surface area contributed by atoms with Crippen molar-refractivity contribution in [2.45, 2.75) is 25.8 Å². The highest BCUT2D eigenvalue weighted by atomic mass is 79.9. The molecule has 1 atom stereocenters. The van der Waals surface area contributed by atoms with Gasteiger partial charge in [0.05, 0.1) is 0 Å². The lowest BCUT2D eigenvalue weighted by molar-refractivity contribution is 0.246. The van der Waals surface area contributed by atoms with Gasteiger partial charge in [-0.2, -0.15) is 0 Å². The summed E-state index contributed by atoms with van der Waals surface area (Å²) >= 11 is 3.59. The Morgan fingerprint density at radius 3 is 2.62 bits per heavy atom. The van der Waals surface area contributed by atoms with Crippen LogP contribution in [0.15, 0.2) is 28.7 Å². The van der Waals surface area contributed by atoms with Crippen LogP contribution in [0, 0.1) is 0 Å². The van der Waals surface area contributed by atoms with Crippen molar-refractivity contribution >= 4 is 15.9 Å². The lowest BCUT2D eigenvalue weighted by Gasteiger charge is -2.28. The number of hydrogen-bond acceptors (Lipinski definition) is 2. The van der Waals surface area contributed by atoms with E-state index < -0.39 is 0 Å². The van der Waals surface area contributed by atoms with Crippen molar-refractivity contribution in [3.63, 3.8) is 0 Å². The summed E-state index contributed by atoms with van der Waals surface area (Å²) in [5, 5.41) is 0. The lowest BCUT2D eigenvalue weighted by Crippen LogP contribution is -2.31. The van der Waals surface area contributed by atoms with Gasteiger partial charge in [0.2, 0.25) is 0 Å². The van der Waals surface area contributed by atoms with Gasteiger partial charge in [-0.3, -0.25) is 4.90 Å². The van der Waals surface area contributed by atoms with Crippen molar-refractivity contribution in [2.24, 2.45) is 5.73 Å². The molecule has 0 fully saturated rings. The van der Waals surface area contributed by atoms with Crippen LogP contribution in [0.3, 0.4) is 0 Å². The third kappa shape index (κ3) is 3.58. The van der Waals surface area contributed by atoms with Crippen LogP contribution >= 0.6 is 15.9 Å². The highest BCUT2D eigenvalue weighted by molar-refractivity contribution is 9.10. The zero-order valence-corrected chi connectivity index (χ0v) is 11.7. The van der Waals surface area contributed by atoms with E-state index in [-0.39, 0.29) is 0 Å². The molecule has 1 rings (SSSR count). The molecule has 0 saturated heterocycles. The van der Waals surface area contributed by atoms with Crippen LogP contribution in [0.25, 0.3) is 0 Å². The average Bonchev–Trinajstić information content (AvgIpc) is 2.30. The van der Waals surface area contributed by atoms with Crippen molar-refractivity contribution in [3.05, 3.63) is 34.3 Å². The van der Waals surface area contributed by atoms with E-state index in [1.807, 2.05) is 6.07 Å². The van der Waals surface area contributed by atoms with Crippen molar-refractivity contribution in [1.29, 1.82) is 0 Å². The fourth-order valence-corrected chi connectivity index (χ4v) is 2.40. The largest absolute Gasteiger partial charge is 0.329 e. The van der Waals surface area contributed by atoms with Crippen molar-refractivity contribution < 1.29 is 0 Å². The Bertz CT molecular complexity index is 315. The van der Waals surface area contributed by atoms with Gasteiger partial charge in [0, 0.05) is 17.1 Å². The van der Waals surface area contributed by atoms with E-state index in [1.165, 1.54) is 18.4 Å². The minimum Gasteiger partial charge on any atom is -0.329 e. The highest BCUT2D eigenvalue weighted by Crippen LogP contribution is 2.26. The quantitative estimate of drug-likeness (QED) is 0.869. The minimum absolute atomic E-state index is 0.308. The molecule has 90 valence electrons. The number of nitrogens with zero attached hydrogens (tertiary/aromatic N) is 1. The molecule has 0 amide bonds. The van der Waals surface area contributed by atoms with E-state index in [4.69, 9.17) is 5.73 Å². The molecule has 0 aliphatic heterocycles. The van der Waals surface area contributed by atoms with Crippen molar-refractivity contribution in [1.82, 2.24) is 4.90 Å². The van der Waals surface area contributed by atoms with Gasteiger partial charge in [-0.1, -0.05) is 47.5 Å². The summed E-state index contributed by atoms with van der Waals surface area (Å²) in [5.41, 5.74) is 7.16. The first-order chi connectivity index (χ1) is 7.70. The molecule has 0 spiro atoms. The average molecular weight is 285 g/mol. The molecule has 1 aromatic carbocycles. The van der Waals surface area contributed by atoms with Crippen LogP contribution < -0.4 is 5.73 Å². The predicted octanol–water partition coefficient (Wildman–Crippen LogP) is 3.18. The normalized spacial score (nSPS) is 13.1. The van der Waals surface area contributed by atoms with E-state index in [9.17, 15) is 0 Å². The van der Waals surface area contributed by atoms with Crippen LogP contribution in [0.5, 0.6) is 0 Å². The van der Waals surface area contributed by atoms with Crippen LogP contribution in [0.2, 0.25) is 0 Å². The molecule has 2 N–H and O–H groups in total. The van der Waals surface area contributed by atoms with E-state index in [0.29, 0.717) is 12.6 Å². The summed E-state index contributed by atoms with van der Waals surface area (Å²) in [6.45, 7) is 3.96. The zero-order valence-electron chi connectivity index (χ0n) is 10.1. The fraction of sp³-hybridized carbons (Fsp3) is 0.538. The second-order valence-electron chi connectivity index (χ2n) is 4.11. The highest BCUT2D eigenvalue weighted by Gasteiger charge is 2.16. The van der Waals surface area contributed by atoms with E-state index in [0.717, 1.165) is 11.0 Å². The van der Waals surface area contributed by atoms with Crippen LogP contribution in [-0.2, 0) is 0 Å². The van der Waals surface area contributed by atoms with Gasteiger partial charge in [-0.05, 0) is 31.6 Å². The number of benzene rings is 1. The van der Waals surface area contributed by atoms with E-state index >= 15 is 0 Å². The van der Waals surface area contributed by atoms with Crippen LogP contribution in [-0.4, -0.2) is 25.0 Å². The molecule has 1 aromatic rings. The molecule has 0 aromatic heterocycles. The Balaban J connectivity index is 2.77. The molecular weight excluding hydrogens is 264 g/mol. The van der Waals surface area contributed by atoms with E-state index in [1.54, 1.807) is 0 Å². The van der Waals surface area contributed by atoms with Crippen molar-refractivity contribution in [2.75, 3.05) is 20.1 Å². The summed E-state index contributed by atoms with van der Waals surface area (Å²) in [7, 11) is 2.15. The number of nitrogens with two attached hydrogens (primary N) is 1. The fourth-order valence-electron chi connectivity index (χ4n) is 1.85. The summed E-state index contributed by atoms with van der Waals surface area (Å²) < 4.78 is 1.15. The molecule has 0 bridgehead atoms. The Labute approximate surface area is 107 Å². The molecule has 3 heteroatoms. The number of unbranched alkanes of at least 4 members (excludes halogenated alkanes) is 1. The van der Waals surface area contributed by atoms with Crippen LogP contribution in [0.4, 0.5) is 0 Å². The van der Waals surface area contributed by atoms with Gasteiger partial charge in [-0.25, -0.2) is 0 Å². The first kappa shape index (κ1) is 13.7. The molecule has 0 aliphatic carbocycles.